The Labute approximate surface area is 124 Å². The van der Waals surface area contributed by atoms with Crippen LogP contribution in [-0.4, -0.2) is 46.4 Å². The van der Waals surface area contributed by atoms with Crippen molar-refractivity contribution < 1.29 is 8.42 Å². The number of anilines is 1. The number of nitrogens with one attached hydrogen (secondary N) is 1. The van der Waals surface area contributed by atoms with E-state index in [9.17, 15) is 8.42 Å². The summed E-state index contributed by atoms with van der Waals surface area (Å²) < 4.78 is 23.9. The van der Waals surface area contributed by atoms with Crippen LogP contribution in [0.2, 0.25) is 0 Å². The van der Waals surface area contributed by atoms with Crippen LogP contribution in [0.15, 0.2) is 24.4 Å². The number of aryl methyl sites for hydroxylation is 1. The predicted molar refractivity (Wildman–Crippen MR) is 81.3 cm³/mol. The highest BCUT2D eigenvalue weighted by atomic mass is 32.2. The molecule has 0 fully saturated rings. The van der Waals surface area contributed by atoms with E-state index in [0.29, 0.717) is 18.1 Å². The molecular weight excluding hydrogens is 290 g/mol. The van der Waals surface area contributed by atoms with Gasteiger partial charge in [0, 0.05) is 18.5 Å². The lowest BCUT2D eigenvalue weighted by molar-refractivity contribution is 0.595. The Morgan fingerprint density at radius 2 is 2.05 bits per heavy atom. The van der Waals surface area contributed by atoms with Crippen molar-refractivity contribution in [3.63, 3.8) is 0 Å². The summed E-state index contributed by atoms with van der Waals surface area (Å²) in [6.45, 7) is 3.82. The smallest absolute Gasteiger partial charge is 0.175 e. The molecule has 0 radical (unpaired) electrons. The lowest BCUT2D eigenvalue weighted by atomic mass is 10.2. The van der Waals surface area contributed by atoms with Crippen LogP contribution in [0.4, 0.5) is 5.82 Å². The van der Waals surface area contributed by atoms with E-state index >= 15 is 0 Å². The second-order valence-electron chi connectivity index (χ2n) is 5.14. The molecule has 0 spiro atoms. The summed E-state index contributed by atoms with van der Waals surface area (Å²) in [5, 5.41) is 15.6. The molecule has 7 nitrogen and oxygen atoms in total. The molecule has 0 aromatic carbocycles. The van der Waals surface area contributed by atoms with Crippen molar-refractivity contribution in [3.8, 4) is 5.82 Å². The van der Waals surface area contributed by atoms with Crippen molar-refractivity contribution in [2.45, 2.75) is 26.3 Å². The molecule has 0 aliphatic rings. The van der Waals surface area contributed by atoms with Crippen LogP contribution in [0.3, 0.4) is 0 Å². The van der Waals surface area contributed by atoms with Crippen LogP contribution in [-0.2, 0) is 9.84 Å². The first-order valence-corrected chi connectivity index (χ1v) is 8.70. The molecule has 0 aliphatic heterocycles. The molecule has 0 bridgehead atoms. The van der Waals surface area contributed by atoms with Crippen molar-refractivity contribution >= 4 is 15.7 Å². The Hall–Kier alpha value is -1.96. The van der Waals surface area contributed by atoms with Crippen LogP contribution >= 0.6 is 0 Å². The van der Waals surface area contributed by atoms with Crippen molar-refractivity contribution in [1.29, 1.82) is 0 Å². The maximum absolute atomic E-state index is 11.1. The molecule has 1 unspecified atom stereocenters. The lowest BCUT2D eigenvalue weighted by Gasteiger charge is -2.13. The van der Waals surface area contributed by atoms with E-state index in [4.69, 9.17) is 0 Å². The normalized spacial score (nSPS) is 13.1. The van der Waals surface area contributed by atoms with E-state index in [1.807, 2.05) is 32.2 Å². The van der Waals surface area contributed by atoms with E-state index in [0.717, 1.165) is 5.69 Å². The Morgan fingerprint density at radius 3 is 2.57 bits per heavy atom. The maximum atomic E-state index is 11.1. The van der Waals surface area contributed by atoms with Gasteiger partial charge in [-0.2, -0.15) is 5.10 Å². The molecule has 2 heterocycles. The van der Waals surface area contributed by atoms with E-state index in [-0.39, 0.29) is 11.8 Å². The molecule has 114 valence electrons. The second kappa shape index (κ2) is 6.21. The van der Waals surface area contributed by atoms with Gasteiger partial charge >= 0.3 is 0 Å². The van der Waals surface area contributed by atoms with Crippen molar-refractivity contribution in [2.24, 2.45) is 0 Å². The number of hydrogen-bond acceptors (Lipinski definition) is 6. The molecule has 2 aromatic heterocycles. The van der Waals surface area contributed by atoms with Crippen molar-refractivity contribution in [1.82, 2.24) is 20.0 Å². The number of nitrogens with zero attached hydrogens (tertiary/aromatic N) is 4. The summed E-state index contributed by atoms with van der Waals surface area (Å²) in [7, 11) is -2.94. The molecule has 1 atom stereocenters. The number of rotatable bonds is 6. The topological polar surface area (TPSA) is 89.8 Å². The van der Waals surface area contributed by atoms with Crippen LogP contribution in [0.1, 0.15) is 19.0 Å². The molecule has 0 saturated carbocycles. The fourth-order valence-electron chi connectivity index (χ4n) is 1.78. The number of aromatic nitrogens is 4. The van der Waals surface area contributed by atoms with Gasteiger partial charge in [-0.05, 0) is 38.5 Å². The molecule has 0 aliphatic carbocycles. The molecule has 8 heteroatoms. The first-order valence-electron chi connectivity index (χ1n) is 6.64. The van der Waals surface area contributed by atoms with Gasteiger partial charge in [0.15, 0.2) is 5.82 Å². The minimum atomic E-state index is -2.94. The Morgan fingerprint density at radius 1 is 1.29 bits per heavy atom. The predicted octanol–water partition coefficient (Wildman–Crippen LogP) is 1.21. The lowest BCUT2D eigenvalue weighted by Crippen LogP contribution is -2.20. The zero-order valence-corrected chi connectivity index (χ0v) is 13.1. The zero-order valence-electron chi connectivity index (χ0n) is 12.3. The first-order chi connectivity index (χ1) is 9.83. The first kappa shape index (κ1) is 15.4. The monoisotopic (exact) mass is 309 g/mol. The SMILES string of the molecule is Cc1ccn(-c2ccc(NC(C)CCS(C)(=O)=O)nn2)n1. The maximum Gasteiger partial charge on any atom is 0.175 e. The van der Waals surface area contributed by atoms with Gasteiger partial charge in [0.25, 0.3) is 0 Å². The molecule has 2 rings (SSSR count). The third-order valence-corrected chi connectivity index (χ3v) is 3.90. The number of hydrogen-bond donors (Lipinski definition) is 1. The summed E-state index contributed by atoms with van der Waals surface area (Å²) in [5.74, 6) is 1.40. The van der Waals surface area contributed by atoms with Gasteiger partial charge < -0.3 is 5.32 Å². The van der Waals surface area contributed by atoms with E-state index in [1.54, 1.807) is 10.7 Å². The second-order valence-corrected chi connectivity index (χ2v) is 7.40. The highest BCUT2D eigenvalue weighted by Crippen LogP contribution is 2.09. The molecule has 1 N–H and O–H groups in total. The quantitative estimate of drug-likeness (QED) is 0.862. The fourth-order valence-corrected chi connectivity index (χ4v) is 2.56. The van der Waals surface area contributed by atoms with Crippen LogP contribution in [0, 0.1) is 6.92 Å². The zero-order chi connectivity index (χ0) is 15.5. The van der Waals surface area contributed by atoms with E-state index < -0.39 is 9.84 Å². The van der Waals surface area contributed by atoms with Gasteiger partial charge in [-0.3, -0.25) is 0 Å². The van der Waals surface area contributed by atoms with Gasteiger partial charge in [0.05, 0.1) is 11.4 Å². The highest BCUT2D eigenvalue weighted by Gasteiger charge is 2.09. The molecule has 2 aromatic rings. The minimum absolute atomic E-state index is 0.00632. The summed E-state index contributed by atoms with van der Waals surface area (Å²) in [5.41, 5.74) is 0.911. The average molecular weight is 309 g/mol. The minimum Gasteiger partial charge on any atom is -0.366 e. The summed E-state index contributed by atoms with van der Waals surface area (Å²) >= 11 is 0. The summed E-state index contributed by atoms with van der Waals surface area (Å²) in [6, 6.07) is 5.51. The van der Waals surface area contributed by atoms with E-state index in [1.165, 1.54) is 6.26 Å². The average Bonchev–Trinajstić information content (AvgIpc) is 2.83. The third-order valence-electron chi connectivity index (χ3n) is 2.92. The standard InChI is InChI=1S/C13H19N5O2S/c1-10(7-9-21(3,19)20)14-12-4-5-13(16-15-12)18-8-6-11(2)17-18/h4-6,8,10H,7,9H2,1-3H3,(H,14,15). The van der Waals surface area contributed by atoms with Gasteiger partial charge in [0.2, 0.25) is 0 Å². The molecule has 0 amide bonds. The number of sulfone groups is 1. The highest BCUT2D eigenvalue weighted by molar-refractivity contribution is 7.90. The van der Waals surface area contributed by atoms with Gasteiger partial charge in [0.1, 0.15) is 15.7 Å². The fraction of sp³-hybridized carbons (Fsp3) is 0.462. The summed E-state index contributed by atoms with van der Waals surface area (Å²) in [4.78, 5) is 0. The van der Waals surface area contributed by atoms with Crippen molar-refractivity contribution in [3.05, 3.63) is 30.1 Å². The largest absolute Gasteiger partial charge is 0.366 e. The van der Waals surface area contributed by atoms with Gasteiger partial charge in [-0.1, -0.05) is 0 Å². The Bertz CT molecular complexity index is 694. The van der Waals surface area contributed by atoms with Crippen LogP contribution < -0.4 is 5.32 Å². The van der Waals surface area contributed by atoms with Crippen LogP contribution in [0.25, 0.3) is 5.82 Å². The molecule has 21 heavy (non-hydrogen) atoms. The van der Waals surface area contributed by atoms with Crippen molar-refractivity contribution in [2.75, 3.05) is 17.3 Å². The van der Waals surface area contributed by atoms with Gasteiger partial charge in [-0.25, -0.2) is 13.1 Å². The molecular formula is C13H19N5O2S. The van der Waals surface area contributed by atoms with Crippen LogP contribution in [0.5, 0.6) is 0 Å². The third kappa shape index (κ3) is 4.82. The Kier molecular flexibility index (Phi) is 4.56. The van der Waals surface area contributed by atoms with Gasteiger partial charge in [-0.15, -0.1) is 10.2 Å². The summed E-state index contributed by atoms with van der Waals surface area (Å²) in [6.07, 6.45) is 3.59. The van der Waals surface area contributed by atoms with E-state index in [2.05, 4.69) is 20.6 Å². The molecule has 0 saturated heterocycles. The Balaban J connectivity index is 1.96.